The zero-order chi connectivity index (χ0) is 91.5. The summed E-state index contributed by atoms with van der Waals surface area (Å²) in [5, 5.41) is 71.6. The van der Waals surface area contributed by atoms with Crippen molar-refractivity contribution in [2.24, 2.45) is 0 Å². The van der Waals surface area contributed by atoms with E-state index in [9.17, 15) is 0 Å². The van der Waals surface area contributed by atoms with Crippen molar-refractivity contribution in [1.82, 2.24) is 122 Å². The maximum absolute atomic E-state index is 4.16. The molecule has 3 unspecified atom stereocenters. The van der Waals surface area contributed by atoms with E-state index in [1.807, 2.05) is 23.4 Å². The Morgan fingerprint density at radius 2 is 0.563 bits per heavy atom. The number of aromatic nitrogens is 24. The molecule has 0 radical (unpaired) electrons. The highest BCUT2D eigenvalue weighted by atomic mass is 15.6. The van der Waals surface area contributed by atoms with Gasteiger partial charge in [-0.3, -0.25) is 0 Å². The lowest BCUT2D eigenvalue weighted by Crippen LogP contribution is -2.33. The molecule has 126 heavy (non-hydrogen) atoms. The first-order valence-corrected chi connectivity index (χ1v) is 54.2. The molecule has 0 saturated heterocycles. The number of rotatable bonds is 82. The van der Waals surface area contributed by atoms with Gasteiger partial charge in [-0.1, -0.05) is 498 Å². The van der Waals surface area contributed by atoms with E-state index in [0.29, 0.717) is 12.1 Å². The van der Waals surface area contributed by atoms with Crippen LogP contribution in [0.1, 0.15) is 603 Å². The van der Waals surface area contributed by atoms with Gasteiger partial charge >= 0.3 is 0 Å². The van der Waals surface area contributed by atoms with Gasteiger partial charge in [-0.25, -0.2) is 23.4 Å². The molecule has 0 saturated carbocycles. The predicted octanol–water partition coefficient (Wildman–Crippen LogP) is 31.2. The SMILES string of the molecule is CCCCCCCCCCCCCC(C)(C)n1cnnn1.CCCCCCCCCCCCCC(C)(CC)n1cnnn1.CCCCCCCCCCCCCC(C)n1cnnn1.CCCCCCCCCCCCCC(CC)(CC)n1cnnn1.CCCCCCCCCCCCCC(CC)n1cnnn1.CCCCCCCCCCCCCCc1nn[nH]n1. The van der Waals surface area contributed by atoms with Crippen LogP contribution >= 0.6 is 0 Å². The van der Waals surface area contributed by atoms with E-state index < -0.39 is 0 Å². The Balaban J connectivity index is 0.000000757. The van der Waals surface area contributed by atoms with Crippen LogP contribution in [0.2, 0.25) is 0 Å². The van der Waals surface area contributed by atoms with E-state index >= 15 is 0 Å². The van der Waals surface area contributed by atoms with Gasteiger partial charge in [0.25, 0.3) is 0 Å². The average molecular weight is 1770 g/mol. The van der Waals surface area contributed by atoms with Crippen molar-refractivity contribution in [3.05, 3.63) is 37.5 Å². The highest BCUT2D eigenvalue weighted by molar-refractivity contribution is 4.83. The van der Waals surface area contributed by atoms with Gasteiger partial charge in [0.05, 0.1) is 28.7 Å². The first-order valence-electron chi connectivity index (χ1n) is 54.2. The van der Waals surface area contributed by atoms with Crippen LogP contribution < -0.4 is 0 Å². The summed E-state index contributed by atoms with van der Waals surface area (Å²) in [5.41, 5.74) is 0.258. The third-order valence-corrected chi connectivity index (χ3v) is 26.8. The van der Waals surface area contributed by atoms with Gasteiger partial charge in [0.1, 0.15) is 31.6 Å². The average Bonchev–Trinajstić information content (AvgIpc) is 1.54. The summed E-state index contributed by atoms with van der Waals surface area (Å²) in [6, 6.07) is 0.919. The fraction of sp³-hybridized carbons (Fsp3) is 0.941. The first-order chi connectivity index (χ1) is 61.8. The third kappa shape index (κ3) is 67.6. The van der Waals surface area contributed by atoms with Crippen molar-refractivity contribution in [3.63, 3.8) is 0 Å². The van der Waals surface area contributed by atoms with Crippen molar-refractivity contribution in [2.45, 2.75) is 620 Å². The van der Waals surface area contributed by atoms with Crippen LogP contribution in [0.15, 0.2) is 31.6 Å². The quantitative estimate of drug-likeness (QED) is 0.0347. The summed E-state index contributed by atoms with van der Waals surface area (Å²) in [4.78, 5) is 0. The van der Waals surface area contributed by atoms with Crippen molar-refractivity contribution < 1.29 is 0 Å². The van der Waals surface area contributed by atoms with Crippen LogP contribution in [-0.2, 0) is 23.0 Å². The molecule has 0 fully saturated rings. The van der Waals surface area contributed by atoms with Crippen LogP contribution in [0.4, 0.5) is 0 Å². The van der Waals surface area contributed by atoms with Crippen LogP contribution in [0, 0.1) is 0 Å². The minimum Gasteiger partial charge on any atom is -0.230 e. The topological polar surface area (TPSA) is 272 Å². The van der Waals surface area contributed by atoms with Crippen molar-refractivity contribution in [2.75, 3.05) is 0 Å². The van der Waals surface area contributed by atoms with Crippen LogP contribution in [0.3, 0.4) is 0 Å². The zero-order valence-electron chi connectivity index (χ0n) is 85.3. The minimum absolute atomic E-state index is 0.0444. The fourth-order valence-electron chi connectivity index (χ4n) is 17.3. The second-order valence-electron chi connectivity index (χ2n) is 38.3. The highest BCUT2D eigenvalue weighted by Crippen LogP contribution is 2.32. The molecule has 0 aromatic carbocycles. The summed E-state index contributed by atoms with van der Waals surface area (Å²) in [5.74, 6) is 0.854. The molecule has 0 aliphatic carbocycles. The Bertz CT molecular complexity index is 2940. The number of nitrogens with one attached hydrogen (secondary N) is 1. The molecule has 6 rings (SSSR count). The zero-order valence-corrected chi connectivity index (χ0v) is 85.3. The summed E-state index contributed by atoms with van der Waals surface area (Å²) in [6.45, 7) is 31.5. The Kier molecular flexibility index (Phi) is 83.4. The van der Waals surface area contributed by atoms with Crippen LogP contribution in [0.5, 0.6) is 0 Å². The Morgan fingerprint density at radius 1 is 0.278 bits per heavy atom. The van der Waals surface area contributed by atoms with Gasteiger partial charge in [0.15, 0.2) is 5.82 Å². The summed E-state index contributed by atoms with van der Waals surface area (Å²) >= 11 is 0. The molecule has 0 aliphatic rings. The fourth-order valence-corrected chi connectivity index (χ4v) is 17.3. The Morgan fingerprint density at radius 3 is 0.865 bits per heavy atom. The molecule has 24 heteroatoms. The van der Waals surface area contributed by atoms with E-state index in [-0.39, 0.29) is 16.6 Å². The number of aryl methyl sites for hydroxylation is 1. The molecule has 0 aliphatic heterocycles. The lowest BCUT2D eigenvalue weighted by molar-refractivity contribution is 0.203. The molecule has 6 aromatic heterocycles. The number of unbranched alkanes of at least 4 members (excludes halogenated alkanes) is 61. The van der Waals surface area contributed by atoms with E-state index in [1.165, 1.54) is 456 Å². The second kappa shape index (κ2) is 88.7. The lowest BCUT2D eigenvalue weighted by atomic mass is 9.87. The molecule has 1 N–H and O–H groups in total. The molecule has 0 bridgehead atoms. The van der Waals surface area contributed by atoms with E-state index in [4.69, 9.17) is 0 Å². The maximum Gasteiger partial charge on any atom is 0.174 e. The van der Waals surface area contributed by atoms with Crippen molar-refractivity contribution in [1.29, 1.82) is 0 Å². The molecular formula is C102H204N24. The second-order valence-corrected chi connectivity index (χ2v) is 38.3. The number of hydrogen-bond donors (Lipinski definition) is 1. The highest BCUT2D eigenvalue weighted by Gasteiger charge is 2.29. The molecule has 3 atom stereocenters. The number of hydrogen-bond acceptors (Lipinski definition) is 18. The number of nitrogens with zero attached hydrogens (tertiary/aromatic N) is 23. The standard InChI is InChI=1S/C19H38N4.C18H36N4.2C17H34N4.C16H32N4.C15H30N4/c1-4-7-8-9-10-11-12-13-14-15-16-17-19(5-2,6-3)23-18-20-21-22-23;1-4-6-7-8-9-10-11-12-13-14-15-16-18(3,5-2)22-17-19-20-21-22;1-4-5-6-7-8-9-10-11-12-13-14-15-17(2,3)21-16-18-19-20-21;1-3-5-6-7-8-9-10-11-12-13-14-15-17(4-2)21-16-18-19-20-21;1-3-4-5-6-7-8-9-10-11-12-13-14-16(2)20-15-17-18-19-20;1-2-3-4-5-6-7-8-9-10-11-12-13-14-15-16-18-19-17-15/h18H,4-17H2,1-3H3;17H,4-16H2,1-3H3;16H,4-15H2,1-3H3;16-17H,3-15H2,1-2H3;15-16H,3-14H2,1-2H3;2-14H2,1H3,(H,16,17,18,19). The minimum atomic E-state index is 0.0444. The summed E-state index contributed by atoms with van der Waals surface area (Å²) in [7, 11) is 0. The van der Waals surface area contributed by atoms with Gasteiger partial charge < -0.3 is 0 Å². The molecule has 6 heterocycles. The van der Waals surface area contributed by atoms with E-state index in [2.05, 4.69) is 195 Å². The van der Waals surface area contributed by atoms with Gasteiger partial charge in [-0.15, -0.1) is 35.7 Å². The maximum atomic E-state index is 4.16. The lowest BCUT2D eigenvalue weighted by Gasteiger charge is -2.31. The van der Waals surface area contributed by atoms with E-state index in [0.717, 1.165) is 44.3 Å². The molecule has 24 nitrogen and oxygen atoms in total. The predicted molar refractivity (Wildman–Crippen MR) is 529 cm³/mol. The Labute approximate surface area is 774 Å². The molecule has 6 aromatic rings. The van der Waals surface area contributed by atoms with Crippen molar-refractivity contribution in [3.8, 4) is 0 Å². The third-order valence-electron chi connectivity index (χ3n) is 26.8. The molecule has 0 spiro atoms. The normalized spacial score (nSPS) is 12.4. The van der Waals surface area contributed by atoms with Gasteiger partial charge in [-0.2, -0.15) is 5.21 Å². The number of H-pyrrole nitrogens is 1. The Hall–Kier alpha value is -5.58. The smallest absolute Gasteiger partial charge is 0.174 e. The number of aromatic amines is 1. The summed E-state index contributed by atoms with van der Waals surface area (Å²) in [6.07, 6.45) is 113. The number of tetrazole rings is 6. The van der Waals surface area contributed by atoms with E-state index in [1.54, 1.807) is 31.6 Å². The first kappa shape index (κ1) is 118. The van der Waals surface area contributed by atoms with Gasteiger partial charge in [0, 0.05) is 6.42 Å². The van der Waals surface area contributed by atoms with Gasteiger partial charge in [-0.05, 0) is 144 Å². The van der Waals surface area contributed by atoms with Crippen LogP contribution in [-0.4, -0.2) is 122 Å². The van der Waals surface area contributed by atoms with Crippen molar-refractivity contribution >= 4 is 0 Å². The largest absolute Gasteiger partial charge is 0.230 e. The summed E-state index contributed by atoms with van der Waals surface area (Å²) < 4.78 is 9.57. The molecule has 732 valence electrons. The molecule has 0 amide bonds. The van der Waals surface area contributed by atoms with Gasteiger partial charge in [0.2, 0.25) is 0 Å². The van der Waals surface area contributed by atoms with Crippen LogP contribution in [0.25, 0.3) is 0 Å². The molecular weight excluding hydrogens is 1560 g/mol. The monoisotopic (exact) mass is 1770 g/mol.